The Bertz CT molecular complexity index is 4680. The lowest BCUT2D eigenvalue weighted by Crippen LogP contribution is -2.25. The Labute approximate surface area is 454 Å². The topological polar surface area (TPSA) is 38.5 Å². The summed E-state index contributed by atoms with van der Waals surface area (Å²) in [5.41, 5.74) is 11.0. The number of nitrogens with zero attached hydrogens (tertiary/aromatic N) is 5. The summed E-state index contributed by atoms with van der Waals surface area (Å²) in [5.74, 6) is 1.49. The van der Waals surface area contributed by atoms with Crippen molar-refractivity contribution in [3.63, 3.8) is 0 Å². The van der Waals surface area contributed by atoms with E-state index in [0.29, 0.717) is 35.1 Å². The van der Waals surface area contributed by atoms with Gasteiger partial charge in [-0.15, -0.1) is 0 Å². The first kappa shape index (κ1) is 35.3. The van der Waals surface area contributed by atoms with Gasteiger partial charge in [0, 0.05) is 66.6 Å². The lowest BCUT2D eigenvalue weighted by Gasteiger charge is -2.29. The van der Waals surface area contributed by atoms with Gasteiger partial charge in [0.2, 0.25) is 0 Å². The molecule has 0 bridgehead atoms. The fourth-order valence-corrected chi connectivity index (χ4v) is 10.5. The average Bonchev–Trinajstić information content (AvgIpc) is 1.57. The van der Waals surface area contributed by atoms with Crippen molar-refractivity contribution in [2.75, 3.05) is 16.5 Å². The van der Waals surface area contributed by atoms with Crippen molar-refractivity contribution in [1.82, 2.24) is 14.1 Å². The minimum Gasteiger partial charge on any atom is -0.457 e. The molecule has 0 saturated heterocycles. The van der Waals surface area contributed by atoms with Crippen molar-refractivity contribution in [3.05, 3.63) is 235 Å². The highest BCUT2D eigenvalue weighted by molar-refractivity contribution is 6.11. The highest BCUT2D eigenvalue weighted by atomic mass is 16.5. The van der Waals surface area contributed by atoms with E-state index < -0.39 is 55.2 Å². The van der Waals surface area contributed by atoms with Gasteiger partial charge in [0.05, 0.1) is 44.4 Å². The van der Waals surface area contributed by atoms with Crippen LogP contribution in [-0.4, -0.2) is 20.8 Å². The van der Waals surface area contributed by atoms with Crippen LogP contribution in [0.2, 0.25) is 0 Å². The first-order valence-electron chi connectivity index (χ1n) is 30.7. The molecular weight excluding hydrogens is 915 g/mol. The van der Waals surface area contributed by atoms with Gasteiger partial charge in [-0.3, -0.25) is 4.57 Å². The van der Waals surface area contributed by atoms with Crippen LogP contribution >= 0.6 is 0 Å². The van der Waals surface area contributed by atoms with E-state index in [1.54, 1.807) is 30.3 Å². The molecule has 0 N–H and O–H groups in total. The van der Waals surface area contributed by atoms with Crippen LogP contribution in [0.5, 0.6) is 11.5 Å². The van der Waals surface area contributed by atoms with Crippen molar-refractivity contribution in [1.29, 1.82) is 0 Å². The Hall–Kier alpha value is -8.87. The molecule has 0 aliphatic carbocycles. The van der Waals surface area contributed by atoms with E-state index in [1.807, 2.05) is 65.2 Å². The van der Waals surface area contributed by atoms with E-state index in [1.165, 1.54) is 21.9 Å². The minimum atomic E-state index is -2.69. The van der Waals surface area contributed by atoms with Gasteiger partial charge in [-0.05, 0) is 142 Å². The predicted octanol–water partition coefficient (Wildman–Crippen LogP) is 18.6. The van der Waals surface area contributed by atoms with Gasteiger partial charge < -0.3 is 19.1 Å². The Kier molecular flexibility index (Phi) is 8.32. The lowest BCUT2D eigenvalue weighted by molar-refractivity contribution is 0.483. The molecule has 0 saturated carbocycles. The highest BCUT2D eigenvalue weighted by Gasteiger charge is 2.30. The Morgan fingerprint density at radius 1 is 0.467 bits per heavy atom. The van der Waals surface area contributed by atoms with E-state index in [0.717, 1.165) is 50.2 Å². The first-order valence-corrected chi connectivity index (χ1v) is 25.2. The number of rotatable bonds is 8. The summed E-state index contributed by atoms with van der Waals surface area (Å²) >= 11 is 0. The van der Waals surface area contributed by atoms with Crippen molar-refractivity contribution < 1.29 is 19.8 Å². The lowest BCUT2D eigenvalue weighted by atomic mass is 9.80. The second-order valence-electron chi connectivity index (χ2n) is 21.4. The average molecular weight is 985 g/mol. The Morgan fingerprint density at radius 3 is 1.81 bits per heavy atom. The van der Waals surface area contributed by atoms with Crippen LogP contribution in [0.25, 0.3) is 77.4 Å². The molecule has 366 valence electrons. The summed E-state index contributed by atoms with van der Waals surface area (Å²) in [6.07, 6.45) is 1.52. The molecule has 4 heterocycles. The Morgan fingerprint density at radius 2 is 1.11 bits per heavy atom. The summed E-state index contributed by atoms with van der Waals surface area (Å²) < 4.78 is 107. The maximum Gasteiger partial charge on any atom is 0.137 e. The number of aromatic nitrogens is 3. The molecule has 0 amide bonds. The number of fused-ring (bicyclic) bond motifs is 7. The molecule has 0 fully saturated rings. The second-order valence-corrected chi connectivity index (χ2v) is 21.4. The molecule has 0 atom stereocenters. The van der Waals surface area contributed by atoms with Gasteiger partial charge >= 0.3 is 0 Å². The normalized spacial score (nSPS) is 15.1. The summed E-state index contributed by atoms with van der Waals surface area (Å²) in [6.45, 7) is 11.4. The standard InChI is InChI=1S/C69H59N5O/c1-45-35-67(70-43-60(45)48-21-17-23-52(36-48)73-61-27-13-11-25-56(61)57-26-12-14-28-62(57)73)74-63-34-31-47(46-19-9-8-10-20-46)37-59(63)58-33-32-55(42-66(58)74)75-54-24-18-22-51(41-54)71-44-72(65-30-16-15-29-64(65)71)53-39-49(68(2,3)4)38-50(40-53)69(5,6)7/h8-43H,44H2,1-7H3/i1D3,11D,12D,13D,14D,25D,26D,27D,28D. The third kappa shape index (κ3) is 8.09. The molecule has 0 unspecified atom stereocenters. The maximum atomic E-state index is 9.07. The monoisotopic (exact) mass is 985 g/mol. The highest BCUT2D eigenvalue weighted by Crippen LogP contribution is 2.47. The van der Waals surface area contributed by atoms with Gasteiger partial charge in [0.15, 0.2) is 0 Å². The molecule has 6 nitrogen and oxygen atoms in total. The van der Waals surface area contributed by atoms with Crippen LogP contribution in [0, 0.1) is 6.85 Å². The molecule has 0 radical (unpaired) electrons. The van der Waals surface area contributed by atoms with E-state index >= 15 is 0 Å². The zero-order valence-corrected chi connectivity index (χ0v) is 42.5. The van der Waals surface area contributed by atoms with Crippen molar-refractivity contribution in [2.45, 2.75) is 59.2 Å². The predicted molar refractivity (Wildman–Crippen MR) is 314 cm³/mol. The number of para-hydroxylation sites is 4. The van der Waals surface area contributed by atoms with Crippen LogP contribution in [-0.2, 0) is 10.8 Å². The van der Waals surface area contributed by atoms with Crippen LogP contribution < -0.4 is 14.5 Å². The van der Waals surface area contributed by atoms with Crippen molar-refractivity contribution >= 4 is 66.4 Å². The first-order chi connectivity index (χ1) is 40.9. The summed E-state index contributed by atoms with van der Waals surface area (Å²) in [6, 6.07) is 50.0. The van der Waals surface area contributed by atoms with E-state index in [9.17, 15) is 0 Å². The van der Waals surface area contributed by atoms with Gasteiger partial charge in [-0.1, -0.05) is 151 Å². The molecule has 1 aliphatic rings. The number of hydrogen-bond acceptors (Lipinski definition) is 4. The summed E-state index contributed by atoms with van der Waals surface area (Å²) in [5, 5.41) is 1.67. The van der Waals surface area contributed by atoms with Crippen molar-refractivity contribution in [3.8, 4) is 45.3 Å². The second kappa shape index (κ2) is 17.7. The Balaban J connectivity index is 0.917. The zero-order chi connectivity index (χ0) is 60.6. The number of ether oxygens (including phenoxy) is 1. The SMILES string of the molecule is [2H]c1c([2H])c([2H])c2c(c1[2H])c1c([2H])c([2H])c([2H])c([2H])c1n2-c1cccc(-c2cnc(-n3c4ccc(-c5ccccc5)cc4c4ccc(Oc5cccc(N6CN(c7cc(C(C)(C)C)cc(C(C)(C)C)c7)c7ccccc76)c5)cc43)cc2C([2H])([2H])[2H])c1. The molecule has 12 aromatic rings. The largest absolute Gasteiger partial charge is 0.457 e. The quantitative estimate of drug-likeness (QED) is 0.152. The molecule has 9 aromatic carbocycles. The van der Waals surface area contributed by atoms with Gasteiger partial charge in [0.1, 0.15) is 24.0 Å². The number of anilines is 4. The molecule has 0 spiro atoms. The number of aryl methyl sites for hydroxylation is 1. The molecule has 13 rings (SSSR count). The minimum absolute atomic E-state index is 0.0237. The summed E-state index contributed by atoms with van der Waals surface area (Å²) in [7, 11) is 0. The molecule has 6 heteroatoms. The van der Waals surface area contributed by atoms with E-state index in [2.05, 4.69) is 124 Å². The molecule has 75 heavy (non-hydrogen) atoms. The third-order valence-electron chi connectivity index (χ3n) is 14.5. The van der Waals surface area contributed by atoms with Gasteiger partial charge in [-0.25, -0.2) is 4.98 Å². The van der Waals surface area contributed by atoms with Crippen LogP contribution in [0.1, 0.15) is 73.3 Å². The van der Waals surface area contributed by atoms with Gasteiger partial charge in [0.25, 0.3) is 0 Å². The van der Waals surface area contributed by atoms with E-state index in [-0.39, 0.29) is 49.5 Å². The number of pyridine rings is 1. The van der Waals surface area contributed by atoms with Crippen molar-refractivity contribution in [2.24, 2.45) is 0 Å². The fraction of sp³-hybridized carbons (Fsp3) is 0.145. The molecule has 1 aliphatic heterocycles. The van der Waals surface area contributed by atoms with Crippen LogP contribution in [0.4, 0.5) is 22.7 Å². The number of hydrogen-bond donors (Lipinski definition) is 0. The summed E-state index contributed by atoms with van der Waals surface area (Å²) in [4.78, 5) is 9.73. The van der Waals surface area contributed by atoms with E-state index in [4.69, 9.17) is 24.8 Å². The fourth-order valence-electron chi connectivity index (χ4n) is 10.5. The number of benzene rings is 9. The third-order valence-corrected chi connectivity index (χ3v) is 14.5. The molecular formula is C69H59N5O. The maximum absolute atomic E-state index is 9.07. The zero-order valence-electron chi connectivity index (χ0n) is 53.5. The molecule has 3 aromatic heterocycles. The smallest absolute Gasteiger partial charge is 0.137 e. The van der Waals surface area contributed by atoms with Gasteiger partial charge in [-0.2, -0.15) is 0 Å². The van der Waals surface area contributed by atoms with Crippen LogP contribution in [0.15, 0.2) is 218 Å². The van der Waals surface area contributed by atoms with Crippen LogP contribution in [0.3, 0.4) is 0 Å².